The van der Waals surface area contributed by atoms with Crippen LogP contribution in [0.15, 0.2) is 48.5 Å². The van der Waals surface area contributed by atoms with Crippen molar-refractivity contribution in [2.45, 2.75) is 31.6 Å². The van der Waals surface area contributed by atoms with Gasteiger partial charge in [0.15, 0.2) is 0 Å². The van der Waals surface area contributed by atoms with E-state index in [0.29, 0.717) is 24.3 Å². The topological polar surface area (TPSA) is 55.4 Å². The summed E-state index contributed by atoms with van der Waals surface area (Å²) in [6.07, 6.45) is 2.33. The summed E-state index contributed by atoms with van der Waals surface area (Å²) in [4.78, 5) is 23.7. The molecule has 2 aromatic rings. The Morgan fingerprint density at radius 3 is 2.17 bits per heavy atom. The Kier molecular flexibility index (Phi) is 4.34. The molecule has 1 amide bonds. The van der Waals surface area contributed by atoms with Crippen molar-refractivity contribution in [1.82, 2.24) is 0 Å². The van der Waals surface area contributed by atoms with Crippen LogP contribution in [0.25, 0.3) is 0 Å². The number of benzene rings is 2. The Morgan fingerprint density at radius 2 is 1.67 bits per heavy atom. The van der Waals surface area contributed by atoms with Gasteiger partial charge in [-0.05, 0) is 54.8 Å². The molecule has 0 atom stereocenters. The van der Waals surface area contributed by atoms with Crippen molar-refractivity contribution in [3.8, 4) is 5.75 Å². The van der Waals surface area contributed by atoms with E-state index in [0.717, 1.165) is 12.0 Å². The van der Waals surface area contributed by atoms with E-state index < -0.39 is 5.41 Å². The number of carbonyl (C=O) groups excluding carboxylic acids is 2. The van der Waals surface area contributed by atoms with Crippen LogP contribution in [0.5, 0.6) is 5.75 Å². The lowest BCUT2D eigenvalue weighted by molar-refractivity contribution is -0.144. The Hall–Kier alpha value is -2.69. The zero-order chi connectivity index (χ0) is 17.2. The molecule has 4 nitrogen and oxygen atoms in total. The molecule has 1 aliphatic carbocycles. The van der Waals surface area contributed by atoms with Crippen molar-refractivity contribution >= 4 is 17.6 Å². The third-order valence-corrected chi connectivity index (χ3v) is 4.38. The predicted octanol–water partition coefficient (Wildman–Crippen LogP) is 3.81. The van der Waals surface area contributed by atoms with Gasteiger partial charge in [-0.3, -0.25) is 9.59 Å². The van der Waals surface area contributed by atoms with E-state index in [4.69, 9.17) is 4.74 Å². The minimum absolute atomic E-state index is 0.163. The Morgan fingerprint density at radius 1 is 1.04 bits per heavy atom. The summed E-state index contributed by atoms with van der Waals surface area (Å²) >= 11 is 0. The van der Waals surface area contributed by atoms with Crippen molar-refractivity contribution in [3.63, 3.8) is 0 Å². The Bertz CT molecular complexity index is 749. The van der Waals surface area contributed by atoms with Gasteiger partial charge >= 0.3 is 5.97 Å². The zero-order valence-electron chi connectivity index (χ0n) is 13.3. The first-order valence-electron chi connectivity index (χ1n) is 7.86. The van der Waals surface area contributed by atoms with E-state index in [1.54, 1.807) is 36.4 Å². The summed E-state index contributed by atoms with van der Waals surface area (Å²) in [5, 5.41) is 2.65. The normalized spacial score (nSPS) is 15.2. The average Bonchev–Trinajstić information content (AvgIpc) is 2.49. The molecule has 0 spiro atoms. The highest BCUT2D eigenvalue weighted by atomic mass is 19.1. The van der Waals surface area contributed by atoms with Crippen molar-refractivity contribution in [3.05, 3.63) is 59.9 Å². The van der Waals surface area contributed by atoms with Gasteiger partial charge in [0.1, 0.15) is 11.6 Å². The number of halogens is 1. The van der Waals surface area contributed by atoms with Gasteiger partial charge in [0.05, 0.1) is 5.41 Å². The van der Waals surface area contributed by atoms with Crippen LogP contribution in [0.4, 0.5) is 10.1 Å². The van der Waals surface area contributed by atoms with Crippen molar-refractivity contribution in [2.75, 3.05) is 5.32 Å². The molecule has 5 heteroatoms. The lowest BCUT2D eigenvalue weighted by Gasteiger charge is -2.39. The monoisotopic (exact) mass is 327 g/mol. The first-order chi connectivity index (χ1) is 11.5. The second-order valence-electron chi connectivity index (χ2n) is 6.04. The molecule has 124 valence electrons. The first kappa shape index (κ1) is 16.2. The van der Waals surface area contributed by atoms with E-state index in [1.165, 1.54) is 19.1 Å². The summed E-state index contributed by atoms with van der Waals surface area (Å²) in [6.45, 7) is 1.43. The second-order valence-corrected chi connectivity index (χ2v) is 6.04. The third kappa shape index (κ3) is 3.15. The quantitative estimate of drug-likeness (QED) is 0.686. The Balaban J connectivity index is 1.75. The first-order valence-corrected chi connectivity index (χ1v) is 7.86. The third-order valence-electron chi connectivity index (χ3n) is 4.38. The molecule has 1 saturated carbocycles. The van der Waals surface area contributed by atoms with Crippen LogP contribution in [0, 0.1) is 5.82 Å². The molecule has 3 rings (SSSR count). The summed E-state index contributed by atoms with van der Waals surface area (Å²) in [6, 6.07) is 12.7. The molecule has 1 fully saturated rings. The number of nitrogens with one attached hydrogen (secondary N) is 1. The average molecular weight is 327 g/mol. The number of ether oxygens (including phenoxy) is 1. The Labute approximate surface area is 139 Å². The summed E-state index contributed by atoms with van der Waals surface area (Å²) < 4.78 is 18.6. The molecule has 0 saturated heterocycles. The van der Waals surface area contributed by atoms with E-state index in [9.17, 15) is 14.0 Å². The van der Waals surface area contributed by atoms with Crippen LogP contribution < -0.4 is 10.1 Å². The maximum absolute atomic E-state index is 13.1. The van der Waals surface area contributed by atoms with Crippen LogP contribution in [-0.4, -0.2) is 11.9 Å². The van der Waals surface area contributed by atoms with Crippen LogP contribution in [0.3, 0.4) is 0 Å². The number of anilines is 1. The zero-order valence-corrected chi connectivity index (χ0v) is 13.3. The van der Waals surface area contributed by atoms with Gasteiger partial charge in [-0.1, -0.05) is 18.6 Å². The molecule has 24 heavy (non-hydrogen) atoms. The lowest BCUT2D eigenvalue weighted by atomic mass is 9.64. The molecular weight excluding hydrogens is 309 g/mol. The molecule has 0 radical (unpaired) electrons. The summed E-state index contributed by atoms with van der Waals surface area (Å²) in [5.41, 5.74) is 0.735. The highest BCUT2D eigenvalue weighted by Gasteiger charge is 2.47. The number of rotatable bonds is 4. The highest BCUT2D eigenvalue weighted by molar-refractivity contribution is 5.89. The van der Waals surface area contributed by atoms with Gasteiger partial charge in [0, 0.05) is 12.6 Å². The summed E-state index contributed by atoms with van der Waals surface area (Å²) in [5.74, 6) is -0.394. The lowest BCUT2D eigenvalue weighted by Crippen LogP contribution is -2.45. The van der Waals surface area contributed by atoms with Crippen molar-refractivity contribution in [1.29, 1.82) is 0 Å². The van der Waals surface area contributed by atoms with E-state index in [-0.39, 0.29) is 17.7 Å². The maximum atomic E-state index is 13.1. The van der Waals surface area contributed by atoms with E-state index in [2.05, 4.69) is 5.32 Å². The van der Waals surface area contributed by atoms with Crippen LogP contribution in [0.1, 0.15) is 31.7 Å². The maximum Gasteiger partial charge on any atom is 0.321 e. The van der Waals surface area contributed by atoms with Crippen molar-refractivity contribution in [2.24, 2.45) is 0 Å². The smallest absolute Gasteiger partial charge is 0.321 e. The van der Waals surface area contributed by atoms with Gasteiger partial charge in [-0.25, -0.2) is 4.39 Å². The van der Waals surface area contributed by atoms with Crippen LogP contribution >= 0.6 is 0 Å². The van der Waals surface area contributed by atoms with Gasteiger partial charge in [-0.2, -0.15) is 0 Å². The minimum Gasteiger partial charge on any atom is -0.426 e. The number of esters is 1. The van der Waals surface area contributed by atoms with Crippen molar-refractivity contribution < 1.29 is 18.7 Å². The second kappa shape index (κ2) is 6.43. The van der Waals surface area contributed by atoms with Gasteiger partial charge in [0.25, 0.3) is 0 Å². The van der Waals surface area contributed by atoms with Crippen LogP contribution in [-0.2, 0) is 15.0 Å². The number of hydrogen-bond acceptors (Lipinski definition) is 3. The fraction of sp³-hybridized carbons (Fsp3) is 0.263. The molecule has 0 unspecified atom stereocenters. The number of hydrogen-bond donors (Lipinski definition) is 1. The fourth-order valence-corrected chi connectivity index (χ4v) is 2.92. The highest BCUT2D eigenvalue weighted by Crippen LogP contribution is 2.45. The molecule has 0 heterocycles. The molecule has 1 aliphatic rings. The van der Waals surface area contributed by atoms with E-state index >= 15 is 0 Å². The molecule has 0 aromatic heterocycles. The van der Waals surface area contributed by atoms with Gasteiger partial charge in [0.2, 0.25) is 5.91 Å². The van der Waals surface area contributed by atoms with Crippen LogP contribution in [0.2, 0.25) is 0 Å². The molecule has 2 aromatic carbocycles. The summed E-state index contributed by atoms with van der Waals surface area (Å²) in [7, 11) is 0. The fourth-order valence-electron chi connectivity index (χ4n) is 2.92. The molecular formula is C19H18FNO3. The standard InChI is InChI=1S/C19H18FNO3/c1-13(22)21-16-7-9-17(10-8-16)24-18(23)19(11-2-12-19)14-3-5-15(20)6-4-14/h3-10H,2,11-12H2,1H3,(H,21,22). The number of amides is 1. The van der Waals surface area contributed by atoms with Gasteiger partial charge < -0.3 is 10.1 Å². The number of carbonyl (C=O) groups is 2. The largest absolute Gasteiger partial charge is 0.426 e. The minimum atomic E-state index is -0.690. The van der Waals surface area contributed by atoms with Gasteiger partial charge in [-0.15, -0.1) is 0 Å². The van der Waals surface area contributed by atoms with E-state index in [1.807, 2.05) is 0 Å². The predicted molar refractivity (Wildman–Crippen MR) is 88.3 cm³/mol. The molecule has 1 N–H and O–H groups in total. The molecule has 0 bridgehead atoms. The SMILES string of the molecule is CC(=O)Nc1ccc(OC(=O)C2(c3ccc(F)cc3)CCC2)cc1. The molecule has 0 aliphatic heterocycles.